The van der Waals surface area contributed by atoms with E-state index in [1.54, 1.807) is 7.11 Å². The number of hydrogen-bond donors (Lipinski definition) is 1. The second kappa shape index (κ2) is 6.85. The number of pyridine rings is 1. The zero-order valence-corrected chi connectivity index (χ0v) is 15.5. The van der Waals surface area contributed by atoms with Crippen molar-refractivity contribution in [2.45, 2.75) is 13.5 Å². The van der Waals surface area contributed by atoms with Crippen LogP contribution in [0.25, 0.3) is 21.8 Å². The number of aryl methyl sites for hydroxylation is 1. The minimum Gasteiger partial charge on any atom is -0.497 e. The van der Waals surface area contributed by atoms with Crippen molar-refractivity contribution in [3.05, 3.63) is 76.8 Å². The van der Waals surface area contributed by atoms with Gasteiger partial charge >= 0.3 is 0 Å². The van der Waals surface area contributed by atoms with Gasteiger partial charge in [-0.05, 0) is 48.9 Å². The first-order chi connectivity index (χ1) is 12.6. The SMILES string of the molecule is COc1ccc2nc3cc(Cl)ccc3c(NCc3ccc(C)cc3)c2c1. The van der Waals surface area contributed by atoms with Crippen LogP contribution in [0, 0.1) is 6.92 Å². The minimum atomic E-state index is 0.683. The summed E-state index contributed by atoms with van der Waals surface area (Å²) in [7, 11) is 1.68. The normalized spacial score (nSPS) is 11.0. The second-order valence-corrected chi connectivity index (χ2v) is 6.81. The molecule has 130 valence electrons. The molecule has 1 heterocycles. The monoisotopic (exact) mass is 362 g/mol. The molecule has 0 fully saturated rings. The number of ether oxygens (including phenoxy) is 1. The van der Waals surface area contributed by atoms with Gasteiger partial charge in [-0.25, -0.2) is 4.98 Å². The van der Waals surface area contributed by atoms with Crippen molar-refractivity contribution in [1.82, 2.24) is 4.98 Å². The van der Waals surface area contributed by atoms with E-state index in [0.717, 1.165) is 39.8 Å². The predicted molar refractivity (Wildman–Crippen MR) is 109 cm³/mol. The number of benzene rings is 3. The van der Waals surface area contributed by atoms with Gasteiger partial charge < -0.3 is 10.1 Å². The molecule has 0 unspecified atom stereocenters. The van der Waals surface area contributed by atoms with E-state index < -0.39 is 0 Å². The Morgan fingerprint density at radius 2 is 1.73 bits per heavy atom. The Balaban J connectivity index is 1.85. The number of methoxy groups -OCH3 is 1. The molecule has 0 saturated heterocycles. The smallest absolute Gasteiger partial charge is 0.119 e. The Bertz CT molecular complexity index is 1090. The molecular formula is C22H19ClN2O. The van der Waals surface area contributed by atoms with Crippen LogP contribution in [0.15, 0.2) is 60.7 Å². The van der Waals surface area contributed by atoms with Gasteiger partial charge in [0.25, 0.3) is 0 Å². The van der Waals surface area contributed by atoms with Gasteiger partial charge in [-0.2, -0.15) is 0 Å². The van der Waals surface area contributed by atoms with Crippen LogP contribution < -0.4 is 10.1 Å². The lowest BCUT2D eigenvalue weighted by Gasteiger charge is -2.14. The van der Waals surface area contributed by atoms with Crippen LogP contribution in [-0.4, -0.2) is 12.1 Å². The summed E-state index contributed by atoms with van der Waals surface area (Å²) in [6.45, 7) is 2.82. The van der Waals surface area contributed by atoms with Crippen molar-refractivity contribution in [3.8, 4) is 5.75 Å². The first kappa shape index (κ1) is 16.7. The lowest BCUT2D eigenvalue weighted by Crippen LogP contribution is -2.02. The van der Waals surface area contributed by atoms with Gasteiger partial charge in [0.1, 0.15) is 5.75 Å². The fourth-order valence-corrected chi connectivity index (χ4v) is 3.28. The van der Waals surface area contributed by atoms with Gasteiger partial charge in [-0.3, -0.25) is 0 Å². The van der Waals surface area contributed by atoms with Gasteiger partial charge in [0.05, 0.1) is 23.8 Å². The Labute approximate surface area is 157 Å². The number of fused-ring (bicyclic) bond motifs is 2. The van der Waals surface area contributed by atoms with Crippen molar-refractivity contribution in [2.75, 3.05) is 12.4 Å². The molecule has 0 aliphatic heterocycles. The number of nitrogens with one attached hydrogen (secondary N) is 1. The molecule has 0 spiro atoms. The van der Waals surface area contributed by atoms with Gasteiger partial charge in [0.15, 0.2) is 0 Å². The van der Waals surface area contributed by atoms with Gasteiger partial charge in [0, 0.05) is 22.3 Å². The van der Waals surface area contributed by atoms with E-state index >= 15 is 0 Å². The summed E-state index contributed by atoms with van der Waals surface area (Å²) in [5.41, 5.74) is 5.31. The maximum atomic E-state index is 6.18. The zero-order valence-electron chi connectivity index (χ0n) is 14.7. The van der Waals surface area contributed by atoms with Crippen LogP contribution in [0.3, 0.4) is 0 Å². The summed E-state index contributed by atoms with van der Waals surface area (Å²) in [5.74, 6) is 0.811. The largest absolute Gasteiger partial charge is 0.497 e. The van der Waals surface area contributed by atoms with Crippen LogP contribution in [0.4, 0.5) is 5.69 Å². The van der Waals surface area contributed by atoms with Gasteiger partial charge in [0.2, 0.25) is 0 Å². The zero-order chi connectivity index (χ0) is 18.1. The third-order valence-electron chi connectivity index (χ3n) is 4.53. The Morgan fingerprint density at radius 3 is 2.50 bits per heavy atom. The molecule has 4 rings (SSSR count). The molecule has 1 N–H and O–H groups in total. The summed E-state index contributed by atoms with van der Waals surface area (Å²) in [4.78, 5) is 4.76. The first-order valence-electron chi connectivity index (χ1n) is 8.50. The molecule has 4 heteroatoms. The van der Waals surface area contributed by atoms with E-state index in [1.807, 2.05) is 36.4 Å². The highest BCUT2D eigenvalue weighted by Gasteiger charge is 2.11. The molecule has 1 aromatic heterocycles. The van der Waals surface area contributed by atoms with E-state index in [9.17, 15) is 0 Å². The molecule has 26 heavy (non-hydrogen) atoms. The molecular weight excluding hydrogens is 344 g/mol. The Morgan fingerprint density at radius 1 is 0.923 bits per heavy atom. The maximum Gasteiger partial charge on any atom is 0.119 e. The van der Waals surface area contributed by atoms with E-state index in [4.69, 9.17) is 21.3 Å². The predicted octanol–water partition coefficient (Wildman–Crippen LogP) is 5.97. The summed E-state index contributed by atoms with van der Waals surface area (Å²) in [6, 6.07) is 20.3. The highest BCUT2D eigenvalue weighted by Crippen LogP contribution is 2.34. The van der Waals surface area contributed by atoms with Gasteiger partial charge in [-0.15, -0.1) is 0 Å². The molecule has 3 aromatic carbocycles. The number of anilines is 1. The molecule has 0 bridgehead atoms. The molecule has 0 radical (unpaired) electrons. The fraction of sp³-hybridized carbons (Fsp3) is 0.136. The molecule has 0 amide bonds. The Hall–Kier alpha value is -2.78. The number of aromatic nitrogens is 1. The van der Waals surface area contributed by atoms with Crippen LogP contribution in [0.1, 0.15) is 11.1 Å². The van der Waals surface area contributed by atoms with Crippen molar-refractivity contribution in [1.29, 1.82) is 0 Å². The third-order valence-corrected chi connectivity index (χ3v) is 4.77. The van der Waals surface area contributed by atoms with E-state index in [-0.39, 0.29) is 0 Å². The van der Waals surface area contributed by atoms with Gasteiger partial charge in [-0.1, -0.05) is 41.4 Å². The van der Waals surface area contributed by atoms with Crippen LogP contribution >= 0.6 is 11.6 Å². The number of rotatable bonds is 4. The topological polar surface area (TPSA) is 34.1 Å². The number of nitrogens with zero attached hydrogens (tertiary/aromatic N) is 1. The molecule has 3 nitrogen and oxygen atoms in total. The molecule has 0 atom stereocenters. The minimum absolute atomic E-state index is 0.683. The molecule has 0 saturated carbocycles. The van der Waals surface area contributed by atoms with Crippen molar-refractivity contribution >= 4 is 39.1 Å². The molecule has 4 aromatic rings. The standard InChI is InChI=1S/C22H19ClN2O/c1-14-3-5-15(6-4-14)13-24-22-18-9-7-16(23)11-21(18)25-20-10-8-17(26-2)12-19(20)22/h3-12H,13H2,1-2H3,(H,24,25). The van der Waals surface area contributed by atoms with Crippen molar-refractivity contribution in [3.63, 3.8) is 0 Å². The lowest BCUT2D eigenvalue weighted by molar-refractivity contribution is 0.415. The van der Waals surface area contributed by atoms with E-state index in [1.165, 1.54) is 11.1 Å². The van der Waals surface area contributed by atoms with E-state index in [2.05, 4.69) is 36.5 Å². The third kappa shape index (κ3) is 3.18. The van der Waals surface area contributed by atoms with Crippen LogP contribution in [0.2, 0.25) is 5.02 Å². The highest BCUT2D eigenvalue weighted by atomic mass is 35.5. The van der Waals surface area contributed by atoms with Crippen LogP contribution in [0.5, 0.6) is 5.75 Å². The lowest BCUT2D eigenvalue weighted by atomic mass is 10.1. The molecule has 0 aliphatic carbocycles. The van der Waals surface area contributed by atoms with Crippen molar-refractivity contribution < 1.29 is 4.74 Å². The summed E-state index contributed by atoms with van der Waals surface area (Å²) < 4.78 is 5.41. The Kier molecular flexibility index (Phi) is 4.39. The van der Waals surface area contributed by atoms with Crippen molar-refractivity contribution in [2.24, 2.45) is 0 Å². The maximum absolute atomic E-state index is 6.18. The summed E-state index contributed by atoms with van der Waals surface area (Å²) in [5, 5.41) is 6.36. The summed E-state index contributed by atoms with van der Waals surface area (Å²) in [6.07, 6.45) is 0. The molecule has 0 aliphatic rings. The van der Waals surface area contributed by atoms with Crippen LogP contribution in [-0.2, 0) is 6.54 Å². The first-order valence-corrected chi connectivity index (χ1v) is 8.88. The summed E-state index contributed by atoms with van der Waals surface area (Å²) >= 11 is 6.18. The average molecular weight is 363 g/mol. The number of hydrogen-bond acceptors (Lipinski definition) is 3. The second-order valence-electron chi connectivity index (χ2n) is 6.37. The fourth-order valence-electron chi connectivity index (χ4n) is 3.11. The number of halogens is 1. The average Bonchev–Trinajstić information content (AvgIpc) is 2.66. The highest BCUT2D eigenvalue weighted by molar-refractivity contribution is 6.31. The van der Waals surface area contributed by atoms with E-state index in [0.29, 0.717) is 5.02 Å². The quantitative estimate of drug-likeness (QED) is 0.454.